The Bertz CT molecular complexity index is 618. The third-order valence-electron chi connectivity index (χ3n) is 10.9. The number of hydrogen-bond donors (Lipinski definition) is 2. The maximum Gasteiger partial charge on any atom is 0.327 e. The topological polar surface area (TPSA) is 52.9 Å². The van der Waals surface area contributed by atoms with Crippen LogP contribution in [0, 0.1) is 0 Å². The summed E-state index contributed by atoms with van der Waals surface area (Å²) in [6, 6.07) is 0. The molecular weight excluding hydrogens is 645 g/mol. The molecule has 0 saturated heterocycles. The van der Waals surface area contributed by atoms with E-state index in [2.05, 4.69) is 30.9 Å². The van der Waals surface area contributed by atoms with Crippen LogP contribution in [-0.4, -0.2) is 40.9 Å². The van der Waals surface area contributed by atoms with E-state index in [1.54, 1.807) is 0 Å². The molecule has 0 bridgehead atoms. The summed E-state index contributed by atoms with van der Waals surface area (Å²) in [6.07, 6.45) is 57.5. The van der Waals surface area contributed by atoms with Gasteiger partial charge in [0.1, 0.15) is 0 Å². The van der Waals surface area contributed by atoms with Crippen LogP contribution in [0.1, 0.15) is 258 Å². The van der Waals surface area contributed by atoms with Gasteiger partial charge in [-0.15, -0.1) is 0 Å². The van der Waals surface area contributed by atoms with Crippen molar-refractivity contribution in [3.8, 4) is 0 Å². The van der Waals surface area contributed by atoms with Crippen molar-refractivity contribution in [3.63, 3.8) is 0 Å². The Morgan fingerprint density at radius 3 is 0.902 bits per heavy atom. The molecule has 0 spiro atoms. The summed E-state index contributed by atoms with van der Waals surface area (Å²) >= 11 is 0. The lowest BCUT2D eigenvalue weighted by Gasteiger charge is -2.22. The van der Waals surface area contributed by atoms with Gasteiger partial charge < -0.3 is 19.2 Å². The first-order valence-corrected chi connectivity index (χ1v) is 24.5. The highest BCUT2D eigenvalue weighted by molar-refractivity contribution is 7.39. The lowest BCUT2D eigenvalue weighted by atomic mass is 10.0. The largest absolute Gasteiger partial charge is 0.328 e. The van der Waals surface area contributed by atoms with Crippen molar-refractivity contribution in [3.05, 3.63) is 12.2 Å². The first-order valence-electron chi connectivity index (χ1n) is 23.4. The zero-order valence-electron chi connectivity index (χ0n) is 35.1. The van der Waals surface area contributed by atoms with E-state index in [0.29, 0.717) is 6.61 Å². The van der Waals surface area contributed by atoms with E-state index in [-0.39, 0.29) is 0 Å². The number of allylic oxidation sites excluding steroid dienone is 2. The number of unbranched alkanes of at least 4 members (excludes halogenated alkanes) is 34. The lowest BCUT2D eigenvalue weighted by Crippen LogP contribution is -2.27. The first kappa shape index (κ1) is 51.0. The van der Waals surface area contributed by atoms with E-state index in [1.807, 2.05) is 0 Å². The minimum Gasteiger partial charge on any atom is -0.328 e. The molecule has 0 atom stereocenters. The summed E-state index contributed by atoms with van der Waals surface area (Å²) in [7, 11) is -2.17. The van der Waals surface area contributed by atoms with Gasteiger partial charge in [0.05, 0.1) is 6.61 Å². The van der Waals surface area contributed by atoms with E-state index in [9.17, 15) is 0 Å². The second kappa shape index (κ2) is 46.2. The highest BCUT2D eigenvalue weighted by Gasteiger charge is 2.05. The molecule has 2 N–H and O–H groups in total. The molecule has 0 aliphatic heterocycles. The van der Waals surface area contributed by atoms with E-state index in [1.165, 1.54) is 251 Å². The molecule has 0 radical (unpaired) electrons. The quantitative estimate of drug-likeness (QED) is 0.0371. The molecule has 0 unspecified atom stereocenters. The Balaban J connectivity index is 3.91. The molecule has 51 heavy (non-hydrogen) atoms. The molecule has 306 valence electrons. The Morgan fingerprint density at radius 2 is 0.608 bits per heavy atom. The van der Waals surface area contributed by atoms with Gasteiger partial charge in [-0.3, -0.25) is 0 Å². The third kappa shape index (κ3) is 46.1. The minimum absolute atomic E-state index is 0.471. The SMILES string of the molecule is CCCCCCCCCCCCCCN(CCCCCCCC/C=C\CCCCCCCCOP(O)O)CCCCCCCCCCCCCC. The molecule has 5 heteroatoms. The van der Waals surface area contributed by atoms with E-state index < -0.39 is 8.60 Å². The maximum absolute atomic E-state index is 8.73. The fraction of sp³-hybridized carbons (Fsp3) is 0.957. The van der Waals surface area contributed by atoms with Gasteiger partial charge in [-0.2, -0.15) is 0 Å². The van der Waals surface area contributed by atoms with Crippen LogP contribution in [0.25, 0.3) is 0 Å². The Hall–Kier alpha value is 0.01000. The van der Waals surface area contributed by atoms with Crippen LogP contribution in [0.3, 0.4) is 0 Å². The molecular formula is C46H94NO3P. The first-order chi connectivity index (χ1) is 25.2. The van der Waals surface area contributed by atoms with Crippen molar-refractivity contribution in [1.29, 1.82) is 0 Å². The maximum atomic E-state index is 8.73. The summed E-state index contributed by atoms with van der Waals surface area (Å²) in [6.45, 7) is 9.11. The van der Waals surface area contributed by atoms with Crippen LogP contribution in [0.2, 0.25) is 0 Å². The van der Waals surface area contributed by atoms with Gasteiger partial charge in [0.15, 0.2) is 0 Å². The predicted octanol–water partition coefficient (Wildman–Crippen LogP) is 15.9. The number of hydrogen-bond acceptors (Lipinski definition) is 4. The summed E-state index contributed by atoms with van der Waals surface area (Å²) in [5, 5.41) is 0. The molecule has 0 fully saturated rings. The normalized spacial score (nSPS) is 12.0. The molecule has 0 heterocycles. The van der Waals surface area contributed by atoms with Crippen LogP contribution < -0.4 is 0 Å². The molecule has 0 amide bonds. The number of nitrogens with zero attached hydrogens (tertiary/aromatic N) is 1. The van der Waals surface area contributed by atoms with Crippen LogP contribution in [0.5, 0.6) is 0 Å². The lowest BCUT2D eigenvalue weighted by molar-refractivity contribution is 0.248. The Kier molecular flexibility index (Phi) is 46.2. The van der Waals surface area contributed by atoms with Crippen molar-refractivity contribution >= 4 is 8.60 Å². The molecule has 0 aliphatic rings. The highest BCUT2D eigenvalue weighted by atomic mass is 31.2. The average Bonchev–Trinajstić information content (AvgIpc) is 3.12. The van der Waals surface area contributed by atoms with Gasteiger partial charge in [-0.05, 0) is 71.0 Å². The van der Waals surface area contributed by atoms with Crippen molar-refractivity contribution in [2.24, 2.45) is 0 Å². The second-order valence-electron chi connectivity index (χ2n) is 16.0. The summed E-state index contributed by atoms with van der Waals surface area (Å²) < 4.78 is 4.81. The fourth-order valence-corrected chi connectivity index (χ4v) is 7.74. The molecule has 0 aromatic carbocycles. The van der Waals surface area contributed by atoms with Gasteiger partial charge in [0.25, 0.3) is 0 Å². The van der Waals surface area contributed by atoms with Crippen molar-refractivity contribution < 1.29 is 14.3 Å². The van der Waals surface area contributed by atoms with E-state index in [0.717, 1.165) is 12.8 Å². The van der Waals surface area contributed by atoms with Crippen LogP contribution >= 0.6 is 8.60 Å². The molecule has 0 aromatic heterocycles. The predicted molar refractivity (Wildman–Crippen MR) is 230 cm³/mol. The van der Waals surface area contributed by atoms with Crippen molar-refractivity contribution in [2.75, 3.05) is 26.2 Å². The zero-order valence-corrected chi connectivity index (χ0v) is 35.9. The van der Waals surface area contributed by atoms with Crippen molar-refractivity contribution in [2.45, 2.75) is 258 Å². The minimum atomic E-state index is -2.17. The van der Waals surface area contributed by atoms with Gasteiger partial charge >= 0.3 is 8.60 Å². The summed E-state index contributed by atoms with van der Waals surface area (Å²) in [5.74, 6) is 0. The smallest absolute Gasteiger partial charge is 0.327 e. The molecule has 4 nitrogen and oxygen atoms in total. The standard InChI is InChI=1S/C46H94NO3P/c1-3-5-7-9-11-13-15-23-27-31-35-39-43-47(44-40-36-32-28-24-16-14-12-10-8-6-4-2)45-41-37-33-29-25-21-19-17-18-20-22-26-30-34-38-42-46-50-51(48)49/h17-18,48-49H,3-16,19-46H2,1-2H3/b18-17-. The van der Waals surface area contributed by atoms with Gasteiger partial charge in [0.2, 0.25) is 0 Å². The third-order valence-corrected chi connectivity index (χ3v) is 11.3. The Labute approximate surface area is 323 Å². The van der Waals surface area contributed by atoms with Crippen LogP contribution in [0.4, 0.5) is 0 Å². The highest BCUT2D eigenvalue weighted by Crippen LogP contribution is 2.24. The summed E-state index contributed by atoms with van der Waals surface area (Å²) in [4.78, 5) is 20.3. The second-order valence-corrected chi connectivity index (χ2v) is 16.8. The van der Waals surface area contributed by atoms with Gasteiger partial charge in [0, 0.05) is 0 Å². The Morgan fingerprint density at radius 1 is 0.353 bits per heavy atom. The van der Waals surface area contributed by atoms with Crippen LogP contribution in [0.15, 0.2) is 12.2 Å². The van der Waals surface area contributed by atoms with Crippen LogP contribution in [-0.2, 0) is 4.52 Å². The summed E-state index contributed by atoms with van der Waals surface area (Å²) in [5.41, 5.74) is 0. The number of rotatable bonds is 45. The molecule has 0 saturated carbocycles. The molecule has 0 rings (SSSR count). The van der Waals surface area contributed by atoms with E-state index >= 15 is 0 Å². The van der Waals surface area contributed by atoms with Crippen molar-refractivity contribution in [1.82, 2.24) is 4.90 Å². The molecule has 0 aromatic rings. The average molecular weight is 740 g/mol. The zero-order chi connectivity index (χ0) is 37.0. The van der Waals surface area contributed by atoms with E-state index in [4.69, 9.17) is 14.3 Å². The fourth-order valence-electron chi connectivity index (χ4n) is 7.45. The molecule has 0 aliphatic carbocycles. The van der Waals surface area contributed by atoms with Gasteiger partial charge in [-0.25, -0.2) is 0 Å². The monoisotopic (exact) mass is 740 g/mol. The van der Waals surface area contributed by atoms with Gasteiger partial charge in [-0.1, -0.05) is 219 Å².